The molecule has 0 saturated heterocycles. The molecule has 0 spiro atoms. The fourth-order valence-electron chi connectivity index (χ4n) is 3.36. The van der Waals surface area contributed by atoms with Gasteiger partial charge in [0.25, 0.3) is 0 Å². The molecule has 0 N–H and O–H groups in total. The molecule has 3 aromatic carbocycles. The first-order valence-corrected chi connectivity index (χ1v) is 8.61. The molecule has 4 rings (SSSR count). The van der Waals surface area contributed by atoms with Crippen molar-refractivity contribution in [2.45, 2.75) is 6.42 Å². The largest absolute Gasteiger partial charge is 0.378 e. The number of nitrogens with zero attached hydrogens (tertiary/aromatic N) is 1. The first-order valence-electron chi connectivity index (χ1n) is 7.82. The van der Waals surface area contributed by atoms with Crippen molar-refractivity contribution in [1.29, 1.82) is 0 Å². The van der Waals surface area contributed by atoms with E-state index in [1.807, 2.05) is 0 Å². The molecule has 0 amide bonds. The summed E-state index contributed by atoms with van der Waals surface area (Å²) in [6.45, 7) is 0. The minimum absolute atomic E-state index is 1.01. The van der Waals surface area contributed by atoms with E-state index >= 15 is 0 Å². The van der Waals surface area contributed by atoms with E-state index in [1.165, 1.54) is 43.2 Å². The fraction of sp³-hybridized carbons (Fsp3) is 0.143. The molecule has 3 aromatic rings. The maximum Gasteiger partial charge on any atom is 0.0361 e. The zero-order chi connectivity index (χ0) is 16.0. The van der Waals surface area contributed by atoms with E-state index < -0.39 is 0 Å². The zero-order valence-corrected chi connectivity index (χ0v) is 14.9. The van der Waals surface area contributed by atoms with Gasteiger partial charge in [-0.3, -0.25) is 0 Å². The third-order valence-electron chi connectivity index (χ3n) is 4.55. The quantitative estimate of drug-likeness (QED) is 0.558. The number of rotatable bonds is 2. The maximum absolute atomic E-state index is 3.68. The molecule has 0 atom stereocenters. The molecule has 114 valence electrons. The number of allylic oxidation sites excluding steroid dienone is 1. The topological polar surface area (TPSA) is 3.24 Å². The third kappa shape index (κ3) is 2.47. The van der Waals surface area contributed by atoms with Crippen molar-refractivity contribution in [2.24, 2.45) is 0 Å². The Hall–Kier alpha value is -2.06. The van der Waals surface area contributed by atoms with Crippen molar-refractivity contribution in [3.05, 3.63) is 75.8 Å². The molecule has 0 aromatic heterocycles. The lowest BCUT2D eigenvalue weighted by atomic mass is 10.0. The lowest BCUT2D eigenvalue weighted by molar-refractivity contribution is 1.13. The summed E-state index contributed by atoms with van der Waals surface area (Å²) in [4.78, 5) is 2.13. The molecule has 0 bridgehead atoms. The van der Waals surface area contributed by atoms with Gasteiger partial charge in [-0.15, -0.1) is 0 Å². The van der Waals surface area contributed by atoms with Crippen LogP contribution < -0.4 is 4.90 Å². The predicted molar refractivity (Wildman–Crippen MR) is 104 cm³/mol. The SMILES string of the molecule is CN(C)c1ccc(/C=C2/Cc3ccc(Br)c4cccc2c34)cc1. The average molecular weight is 364 g/mol. The maximum atomic E-state index is 3.68. The van der Waals surface area contributed by atoms with Gasteiger partial charge in [-0.1, -0.05) is 58.4 Å². The van der Waals surface area contributed by atoms with E-state index in [-0.39, 0.29) is 0 Å². The van der Waals surface area contributed by atoms with Gasteiger partial charge in [-0.2, -0.15) is 0 Å². The Morgan fingerprint density at radius 3 is 2.48 bits per heavy atom. The van der Waals surface area contributed by atoms with Crippen LogP contribution in [-0.2, 0) is 6.42 Å². The van der Waals surface area contributed by atoms with Gasteiger partial charge in [0.05, 0.1) is 0 Å². The van der Waals surface area contributed by atoms with Gasteiger partial charge in [0.1, 0.15) is 0 Å². The normalized spacial score (nSPS) is 14.7. The molecule has 0 saturated carbocycles. The lowest BCUT2D eigenvalue weighted by Gasteiger charge is -2.12. The standard InChI is InChI=1S/C21H18BrN/c1-23(2)17-9-6-14(7-10-17)12-16-13-15-8-11-20(22)19-5-3-4-18(16)21(15)19/h3-12H,13H2,1-2H3/b16-12-. The van der Waals surface area contributed by atoms with Crippen LogP contribution in [0.15, 0.2) is 59.1 Å². The highest BCUT2D eigenvalue weighted by molar-refractivity contribution is 9.10. The van der Waals surface area contributed by atoms with Crippen LogP contribution in [0.1, 0.15) is 16.7 Å². The van der Waals surface area contributed by atoms with Crippen LogP contribution in [0.2, 0.25) is 0 Å². The Bertz CT molecular complexity index is 920. The van der Waals surface area contributed by atoms with Crippen molar-refractivity contribution in [2.75, 3.05) is 19.0 Å². The summed E-state index contributed by atoms with van der Waals surface area (Å²) in [6.07, 6.45) is 3.33. The van der Waals surface area contributed by atoms with Crippen LogP contribution in [0.5, 0.6) is 0 Å². The molecule has 1 aliphatic carbocycles. The second-order valence-electron chi connectivity index (χ2n) is 6.27. The molecule has 2 heteroatoms. The molecule has 23 heavy (non-hydrogen) atoms. The van der Waals surface area contributed by atoms with Gasteiger partial charge < -0.3 is 4.90 Å². The number of halogens is 1. The summed E-state index contributed by atoms with van der Waals surface area (Å²) in [5.74, 6) is 0. The highest BCUT2D eigenvalue weighted by Gasteiger charge is 2.19. The smallest absolute Gasteiger partial charge is 0.0361 e. The van der Waals surface area contributed by atoms with Crippen molar-refractivity contribution < 1.29 is 0 Å². The Morgan fingerprint density at radius 1 is 0.957 bits per heavy atom. The van der Waals surface area contributed by atoms with E-state index in [0.29, 0.717) is 0 Å². The lowest BCUT2D eigenvalue weighted by Crippen LogP contribution is -2.07. The second-order valence-corrected chi connectivity index (χ2v) is 7.12. The second kappa shape index (κ2) is 5.54. The average Bonchev–Trinajstić information content (AvgIpc) is 2.91. The van der Waals surface area contributed by atoms with Crippen molar-refractivity contribution in [3.8, 4) is 0 Å². The predicted octanol–water partition coefficient (Wildman–Crippen LogP) is 5.77. The van der Waals surface area contributed by atoms with Crippen LogP contribution in [0.4, 0.5) is 5.69 Å². The van der Waals surface area contributed by atoms with Crippen molar-refractivity contribution in [1.82, 2.24) is 0 Å². The molecule has 0 heterocycles. The molecule has 1 aliphatic rings. The number of hydrogen-bond donors (Lipinski definition) is 0. The van der Waals surface area contributed by atoms with Crippen LogP contribution in [0.25, 0.3) is 22.4 Å². The third-order valence-corrected chi connectivity index (χ3v) is 5.24. The van der Waals surface area contributed by atoms with Gasteiger partial charge in [0.2, 0.25) is 0 Å². The van der Waals surface area contributed by atoms with Crippen LogP contribution in [0, 0.1) is 0 Å². The number of anilines is 1. The molecule has 0 fully saturated rings. The molecule has 1 nitrogen and oxygen atoms in total. The van der Waals surface area contributed by atoms with Gasteiger partial charge in [0.15, 0.2) is 0 Å². The minimum Gasteiger partial charge on any atom is -0.378 e. The molecule has 0 unspecified atom stereocenters. The molecular weight excluding hydrogens is 346 g/mol. The molecule has 0 aliphatic heterocycles. The summed E-state index contributed by atoms with van der Waals surface area (Å²) in [5, 5.41) is 2.71. The molecular formula is C21H18BrN. The highest BCUT2D eigenvalue weighted by Crippen LogP contribution is 2.41. The summed E-state index contributed by atoms with van der Waals surface area (Å²) >= 11 is 3.68. The number of hydrogen-bond acceptors (Lipinski definition) is 1. The van der Waals surface area contributed by atoms with E-state index in [1.54, 1.807) is 0 Å². The van der Waals surface area contributed by atoms with Crippen LogP contribution >= 0.6 is 15.9 Å². The summed E-state index contributed by atoms with van der Waals surface area (Å²) in [7, 11) is 4.14. The van der Waals surface area contributed by atoms with E-state index in [9.17, 15) is 0 Å². The minimum atomic E-state index is 1.01. The Labute approximate surface area is 145 Å². The summed E-state index contributed by atoms with van der Waals surface area (Å²) in [6, 6.07) is 19.7. The van der Waals surface area contributed by atoms with E-state index in [4.69, 9.17) is 0 Å². The van der Waals surface area contributed by atoms with E-state index in [2.05, 4.69) is 95.6 Å². The highest BCUT2D eigenvalue weighted by atomic mass is 79.9. The molecule has 0 radical (unpaired) electrons. The number of benzene rings is 3. The van der Waals surface area contributed by atoms with E-state index in [0.717, 1.165) is 6.42 Å². The van der Waals surface area contributed by atoms with Gasteiger partial charge in [-0.25, -0.2) is 0 Å². The van der Waals surface area contributed by atoms with Crippen molar-refractivity contribution >= 4 is 44.0 Å². The van der Waals surface area contributed by atoms with Gasteiger partial charge in [0, 0.05) is 24.3 Å². The zero-order valence-electron chi connectivity index (χ0n) is 13.3. The Balaban J connectivity index is 1.80. The van der Waals surface area contributed by atoms with Crippen LogP contribution in [0.3, 0.4) is 0 Å². The van der Waals surface area contributed by atoms with Crippen molar-refractivity contribution in [3.63, 3.8) is 0 Å². The first-order chi connectivity index (χ1) is 11.1. The monoisotopic (exact) mass is 363 g/mol. The van der Waals surface area contributed by atoms with Gasteiger partial charge in [-0.05, 0) is 57.7 Å². The summed E-state index contributed by atoms with van der Waals surface area (Å²) in [5.41, 5.74) is 6.69. The Kier molecular flexibility index (Phi) is 3.50. The van der Waals surface area contributed by atoms with Crippen LogP contribution in [-0.4, -0.2) is 14.1 Å². The first kappa shape index (κ1) is 14.5. The fourth-order valence-corrected chi connectivity index (χ4v) is 3.82. The Morgan fingerprint density at radius 2 is 1.74 bits per heavy atom. The van der Waals surface area contributed by atoms with Gasteiger partial charge >= 0.3 is 0 Å². The summed E-state index contributed by atoms with van der Waals surface area (Å²) < 4.78 is 1.18.